The zero-order valence-electron chi connectivity index (χ0n) is 13.6. The van der Waals surface area contributed by atoms with Gasteiger partial charge in [0.2, 0.25) is 0 Å². The number of rotatable bonds is 4. The van der Waals surface area contributed by atoms with Gasteiger partial charge in [0, 0.05) is 5.56 Å². The Morgan fingerprint density at radius 3 is 2.64 bits per heavy atom. The fraction of sp³-hybridized carbons (Fsp3) is 0.167. The van der Waals surface area contributed by atoms with Crippen molar-refractivity contribution in [2.24, 2.45) is 0 Å². The van der Waals surface area contributed by atoms with Gasteiger partial charge in [-0.05, 0) is 37.3 Å². The lowest BCUT2D eigenvalue weighted by molar-refractivity contribution is -0.141. The lowest BCUT2D eigenvalue weighted by Crippen LogP contribution is -2.30. The highest BCUT2D eigenvalue weighted by atomic mass is 16.5. The molecule has 25 heavy (non-hydrogen) atoms. The van der Waals surface area contributed by atoms with E-state index in [1.165, 1.54) is 0 Å². The second-order valence-electron chi connectivity index (χ2n) is 5.37. The summed E-state index contributed by atoms with van der Waals surface area (Å²) < 4.78 is 4.76. The maximum absolute atomic E-state index is 12.3. The van der Waals surface area contributed by atoms with Gasteiger partial charge in [0.1, 0.15) is 6.54 Å². The molecular weight excluding hydrogens is 322 g/mol. The summed E-state index contributed by atoms with van der Waals surface area (Å²) in [6.45, 7) is 1.74. The molecule has 0 radical (unpaired) electrons. The standard InChI is InChI=1S/C18H17N3O4/c1-2-25-16(22)10-19-17(23)11-7-8-14-15(9-11)21-18(24)12-5-3-4-6-13(12)20-14/h3-9,20H,2,10H2,1H3,(H,19,23)(H,21,24). The third-order valence-electron chi connectivity index (χ3n) is 3.67. The van der Waals surface area contributed by atoms with Crippen LogP contribution in [0.5, 0.6) is 0 Å². The molecule has 0 fully saturated rings. The van der Waals surface area contributed by atoms with E-state index >= 15 is 0 Å². The summed E-state index contributed by atoms with van der Waals surface area (Å²) in [5.74, 6) is -1.19. The average Bonchev–Trinajstić information content (AvgIpc) is 2.75. The first-order valence-electron chi connectivity index (χ1n) is 7.83. The Morgan fingerprint density at radius 2 is 1.84 bits per heavy atom. The number of nitrogens with one attached hydrogen (secondary N) is 3. The van der Waals surface area contributed by atoms with Crippen LogP contribution in [0.1, 0.15) is 27.6 Å². The molecule has 0 saturated carbocycles. The molecule has 0 aromatic heterocycles. The topological polar surface area (TPSA) is 96.5 Å². The maximum atomic E-state index is 12.3. The maximum Gasteiger partial charge on any atom is 0.325 e. The molecule has 0 unspecified atom stereocenters. The van der Waals surface area contributed by atoms with Crippen molar-refractivity contribution in [1.82, 2.24) is 5.32 Å². The van der Waals surface area contributed by atoms with Crippen molar-refractivity contribution >= 4 is 34.8 Å². The van der Waals surface area contributed by atoms with Gasteiger partial charge in [0.15, 0.2) is 0 Å². The van der Waals surface area contributed by atoms with Gasteiger partial charge in [-0.15, -0.1) is 0 Å². The van der Waals surface area contributed by atoms with Crippen LogP contribution in [-0.4, -0.2) is 30.9 Å². The largest absolute Gasteiger partial charge is 0.465 e. The minimum atomic E-state index is -0.504. The highest BCUT2D eigenvalue weighted by Crippen LogP contribution is 2.32. The number of ether oxygens (including phenoxy) is 1. The highest BCUT2D eigenvalue weighted by Gasteiger charge is 2.19. The van der Waals surface area contributed by atoms with E-state index in [2.05, 4.69) is 16.0 Å². The Bertz CT molecular complexity index is 848. The van der Waals surface area contributed by atoms with Crippen LogP contribution in [0.25, 0.3) is 0 Å². The summed E-state index contributed by atoms with van der Waals surface area (Å²) in [7, 11) is 0. The first-order valence-corrected chi connectivity index (χ1v) is 7.83. The Hall–Kier alpha value is -3.35. The molecule has 1 aliphatic heterocycles. The molecule has 0 atom stereocenters. The van der Waals surface area contributed by atoms with Crippen LogP contribution in [-0.2, 0) is 9.53 Å². The van der Waals surface area contributed by atoms with Gasteiger partial charge >= 0.3 is 5.97 Å². The molecule has 1 aliphatic rings. The molecule has 3 rings (SSSR count). The van der Waals surface area contributed by atoms with Crippen LogP contribution in [0.2, 0.25) is 0 Å². The van der Waals surface area contributed by atoms with Crippen molar-refractivity contribution in [2.45, 2.75) is 6.92 Å². The second-order valence-corrected chi connectivity index (χ2v) is 5.37. The van der Waals surface area contributed by atoms with Gasteiger partial charge in [-0.2, -0.15) is 0 Å². The minimum Gasteiger partial charge on any atom is -0.465 e. The first kappa shape index (κ1) is 16.5. The molecule has 2 amide bonds. The van der Waals surface area contributed by atoms with Crippen molar-refractivity contribution in [3.8, 4) is 0 Å². The molecule has 128 valence electrons. The number of carbonyl (C=O) groups excluding carboxylic acids is 3. The van der Waals surface area contributed by atoms with Crippen LogP contribution in [0.4, 0.5) is 17.1 Å². The number of hydrogen-bond acceptors (Lipinski definition) is 5. The summed E-state index contributed by atoms with van der Waals surface area (Å²) in [5, 5.41) is 8.45. The SMILES string of the molecule is CCOC(=O)CNC(=O)c1ccc2c(c1)NC(=O)c1ccccc1N2. The van der Waals surface area contributed by atoms with E-state index in [4.69, 9.17) is 4.74 Å². The molecular formula is C18H17N3O4. The molecule has 2 aromatic rings. The summed E-state index contributed by atoms with van der Waals surface area (Å²) in [5.41, 5.74) is 2.71. The number of hydrogen-bond donors (Lipinski definition) is 3. The third kappa shape index (κ3) is 3.60. The minimum absolute atomic E-state index is 0.209. The van der Waals surface area contributed by atoms with Gasteiger partial charge in [0.25, 0.3) is 11.8 Å². The number of benzene rings is 2. The first-order chi connectivity index (χ1) is 12.1. The smallest absolute Gasteiger partial charge is 0.325 e. The van der Waals surface area contributed by atoms with Crippen molar-refractivity contribution < 1.29 is 19.1 Å². The number of amides is 2. The van der Waals surface area contributed by atoms with E-state index in [9.17, 15) is 14.4 Å². The molecule has 3 N–H and O–H groups in total. The fourth-order valence-corrected chi connectivity index (χ4v) is 2.49. The van der Waals surface area contributed by atoms with E-state index < -0.39 is 11.9 Å². The van der Waals surface area contributed by atoms with E-state index in [0.717, 1.165) is 0 Å². The summed E-state index contributed by atoms with van der Waals surface area (Å²) in [6.07, 6.45) is 0. The quantitative estimate of drug-likeness (QED) is 0.743. The highest BCUT2D eigenvalue weighted by molar-refractivity contribution is 6.12. The Kier molecular flexibility index (Phi) is 4.65. The van der Waals surface area contributed by atoms with Gasteiger partial charge in [-0.25, -0.2) is 0 Å². The summed E-state index contributed by atoms with van der Waals surface area (Å²) in [4.78, 5) is 35.8. The molecule has 2 aromatic carbocycles. The van der Waals surface area contributed by atoms with Crippen molar-refractivity contribution in [3.05, 3.63) is 53.6 Å². The Labute approximate surface area is 144 Å². The van der Waals surface area contributed by atoms with Crippen molar-refractivity contribution in [1.29, 1.82) is 0 Å². The summed E-state index contributed by atoms with van der Waals surface area (Å²) >= 11 is 0. The zero-order valence-corrected chi connectivity index (χ0v) is 13.6. The second kappa shape index (κ2) is 7.04. The molecule has 0 saturated heterocycles. The molecule has 0 aliphatic carbocycles. The third-order valence-corrected chi connectivity index (χ3v) is 3.67. The fourth-order valence-electron chi connectivity index (χ4n) is 2.49. The number of esters is 1. The van der Waals surface area contributed by atoms with Crippen LogP contribution in [0.15, 0.2) is 42.5 Å². The Balaban J connectivity index is 1.79. The van der Waals surface area contributed by atoms with Gasteiger partial charge in [-0.3, -0.25) is 14.4 Å². The zero-order chi connectivity index (χ0) is 17.8. The number of anilines is 3. The van der Waals surface area contributed by atoms with Crippen LogP contribution < -0.4 is 16.0 Å². The van der Waals surface area contributed by atoms with Crippen LogP contribution in [0, 0.1) is 0 Å². The predicted octanol–water partition coefficient (Wildman–Crippen LogP) is 2.29. The molecule has 0 spiro atoms. The van der Waals surface area contributed by atoms with E-state index in [-0.39, 0.29) is 19.1 Å². The molecule has 7 nitrogen and oxygen atoms in total. The molecule has 7 heteroatoms. The molecule has 0 bridgehead atoms. The number of fused-ring (bicyclic) bond motifs is 2. The number of para-hydroxylation sites is 1. The summed E-state index contributed by atoms with van der Waals surface area (Å²) in [6, 6.07) is 12.0. The van der Waals surface area contributed by atoms with Crippen LogP contribution >= 0.6 is 0 Å². The van der Waals surface area contributed by atoms with Crippen LogP contribution in [0.3, 0.4) is 0 Å². The molecule has 1 heterocycles. The van der Waals surface area contributed by atoms with Gasteiger partial charge in [-0.1, -0.05) is 12.1 Å². The lowest BCUT2D eigenvalue weighted by atomic mass is 10.1. The predicted molar refractivity (Wildman–Crippen MR) is 93.1 cm³/mol. The average molecular weight is 339 g/mol. The van der Waals surface area contributed by atoms with Gasteiger partial charge < -0.3 is 20.7 Å². The van der Waals surface area contributed by atoms with Crippen molar-refractivity contribution in [3.63, 3.8) is 0 Å². The van der Waals surface area contributed by atoms with E-state index in [0.29, 0.717) is 28.2 Å². The normalized spacial score (nSPS) is 12.0. The monoisotopic (exact) mass is 339 g/mol. The van der Waals surface area contributed by atoms with E-state index in [1.54, 1.807) is 37.3 Å². The lowest BCUT2D eigenvalue weighted by Gasteiger charge is -2.11. The Morgan fingerprint density at radius 1 is 1.04 bits per heavy atom. The number of carbonyl (C=O) groups is 3. The van der Waals surface area contributed by atoms with Crippen molar-refractivity contribution in [2.75, 3.05) is 23.8 Å². The van der Waals surface area contributed by atoms with E-state index in [1.807, 2.05) is 12.1 Å². The van der Waals surface area contributed by atoms with Gasteiger partial charge in [0.05, 0.1) is 29.2 Å².